The van der Waals surface area contributed by atoms with Gasteiger partial charge in [0.05, 0.1) is 5.54 Å². The SMILES string of the molecule is CN(Cc1c[nH]c2ccccc12)C(=O)C1(N)CC1. The molecule has 0 radical (unpaired) electrons. The molecule has 0 spiro atoms. The number of likely N-dealkylation sites (N-methyl/N-ethyl adjacent to an activating group) is 1. The van der Waals surface area contributed by atoms with Crippen molar-refractivity contribution in [1.82, 2.24) is 9.88 Å². The second-order valence-electron chi connectivity index (χ2n) is 5.18. The van der Waals surface area contributed by atoms with E-state index in [0.29, 0.717) is 6.54 Å². The Bertz CT molecular complexity index is 598. The lowest BCUT2D eigenvalue weighted by molar-refractivity contribution is -0.132. The van der Waals surface area contributed by atoms with Crippen LogP contribution in [0.5, 0.6) is 0 Å². The maximum absolute atomic E-state index is 12.1. The van der Waals surface area contributed by atoms with E-state index in [2.05, 4.69) is 11.1 Å². The van der Waals surface area contributed by atoms with E-state index in [4.69, 9.17) is 5.73 Å². The maximum Gasteiger partial charge on any atom is 0.242 e. The van der Waals surface area contributed by atoms with Gasteiger partial charge in [-0.25, -0.2) is 0 Å². The van der Waals surface area contributed by atoms with Crippen molar-refractivity contribution in [3.63, 3.8) is 0 Å². The van der Waals surface area contributed by atoms with Gasteiger partial charge in [0.25, 0.3) is 0 Å². The summed E-state index contributed by atoms with van der Waals surface area (Å²) >= 11 is 0. The molecule has 1 heterocycles. The van der Waals surface area contributed by atoms with Crippen molar-refractivity contribution in [1.29, 1.82) is 0 Å². The Kier molecular flexibility index (Phi) is 2.41. The van der Waals surface area contributed by atoms with Gasteiger partial charge in [-0.15, -0.1) is 0 Å². The van der Waals surface area contributed by atoms with Crippen molar-refractivity contribution >= 4 is 16.8 Å². The van der Waals surface area contributed by atoms with Gasteiger partial charge in [-0.2, -0.15) is 0 Å². The summed E-state index contributed by atoms with van der Waals surface area (Å²) in [6, 6.07) is 8.10. The van der Waals surface area contributed by atoms with Crippen LogP contribution in [0.1, 0.15) is 18.4 Å². The third-order valence-electron chi connectivity index (χ3n) is 3.64. The lowest BCUT2D eigenvalue weighted by atomic mass is 10.1. The van der Waals surface area contributed by atoms with Crippen LogP contribution in [-0.4, -0.2) is 28.4 Å². The van der Waals surface area contributed by atoms with Crippen LogP contribution in [0, 0.1) is 0 Å². The van der Waals surface area contributed by atoms with Crippen LogP contribution in [0.4, 0.5) is 0 Å². The van der Waals surface area contributed by atoms with Crippen LogP contribution in [0.15, 0.2) is 30.5 Å². The first kappa shape index (κ1) is 11.3. The van der Waals surface area contributed by atoms with Gasteiger partial charge in [-0.1, -0.05) is 18.2 Å². The minimum absolute atomic E-state index is 0.0489. The molecule has 0 bridgehead atoms. The van der Waals surface area contributed by atoms with E-state index in [-0.39, 0.29) is 5.91 Å². The van der Waals surface area contributed by atoms with E-state index in [0.717, 1.165) is 23.9 Å². The number of nitrogens with zero attached hydrogens (tertiary/aromatic N) is 1. The number of carbonyl (C=O) groups is 1. The molecular weight excluding hydrogens is 226 g/mol. The van der Waals surface area contributed by atoms with Crippen molar-refractivity contribution in [3.8, 4) is 0 Å². The van der Waals surface area contributed by atoms with Gasteiger partial charge in [-0.05, 0) is 24.5 Å². The molecule has 4 heteroatoms. The van der Waals surface area contributed by atoms with Crippen molar-refractivity contribution in [2.45, 2.75) is 24.9 Å². The minimum Gasteiger partial charge on any atom is -0.361 e. The number of hydrogen-bond acceptors (Lipinski definition) is 2. The monoisotopic (exact) mass is 243 g/mol. The summed E-state index contributed by atoms with van der Waals surface area (Å²) in [5, 5.41) is 1.17. The topological polar surface area (TPSA) is 62.1 Å². The summed E-state index contributed by atoms with van der Waals surface area (Å²) in [4.78, 5) is 17.0. The molecule has 18 heavy (non-hydrogen) atoms. The Morgan fingerprint density at radius 2 is 2.17 bits per heavy atom. The van der Waals surface area contributed by atoms with Crippen molar-refractivity contribution < 1.29 is 4.79 Å². The lowest BCUT2D eigenvalue weighted by Gasteiger charge is -2.20. The number of fused-ring (bicyclic) bond motifs is 1. The predicted molar refractivity (Wildman–Crippen MR) is 70.9 cm³/mol. The molecule has 1 aromatic carbocycles. The molecule has 1 aliphatic carbocycles. The van der Waals surface area contributed by atoms with Crippen LogP contribution in [-0.2, 0) is 11.3 Å². The fraction of sp³-hybridized carbons (Fsp3) is 0.357. The second-order valence-corrected chi connectivity index (χ2v) is 5.18. The Morgan fingerprint density at radius 3 is 2.89 bits per heavy atom. The average Bonchev–Trinajstić information content (AvgIpc) is 3.00. The molecule has 0 saturated heterocycles. The number of aromatic amines is 1. The zero-order chi connectivity index (χ0) is 12.8. The number of para-hydroxylation sites is 1. The molecule has 2 aromatic rings. The molecule has 94 valence electrons. The predicted octanol–water partition coefficient (Wildman–Crippen LogP) is 1.62. The van der Waals surface area contributed by atoms with Gasteiger partial charge in [0.2, 0.25) is 5.91 Å². The average molecular weight is 243 g/mol. The summed E-state index contributed by atoms with van der Waals surface area (Å²) in [6.07, 6.45) is 3.58. The molecule has 3 rings (SSSR count). The minimum atomic E-state index is -0.582. The van der Waals surface area contributed by atoms with Crippen molar-refractivity contribution in [3.05, 3.63) is 36.0 Å². The fourth-order valence-electron chi connectivity index (χ4n) is 2.32. The molecule has 4 nitrogen and oxygen atoms in total. The molecule has 1 fully saturated rings. The van der Waals surface area contributed by atoms with E-state index in [1.807, 2.05) is 31.4 Å². The first-order valence-electron chi connectivity index (χ1n) is 6.20. The summed E-state index contributed by atoms with van der Waals surface area (Å²) in [6.45, 7) is 0.599. The first-order valence-corrected chi connectivity index (χ1v) is 6.20. The smallest absolute Gasteiger partial charge is 0.242 e. The number of rotatable bonds is 3. The molecule has 1 aliphatic rings. The highest BCUT2D eigenvalue weighted by Gasteiger charge is 2.47. The summed E-state index contributed by atoms with van der Waals surface area (Å²) in [5.41, 5.74) is 7.58. The molecule has 1 amide bonds. The molecular formula is C14H17N3O. The standard InChI is InChI=1S/C14H17N3O/c1-17(13(18)14(15)6-7-14)9-10-8-16-12-5-3-2-4-11(10)12/h2-5,8,16H,6-7,9,15H2,1H3. The van der Waals surface area contributed by atoms with Gasteiger partial charge in [0, 0.05) is 30.7 Å². The zero-order valence-corrected chi connectivity index (χ0v) is 10.4. The van der Waals surface area contributed by atoms with E-state index in [1.54, 1.807) is 4.90 Å². The number of benzene rings is 1. The fourth-order valence-corrected chi connectivity index (χ4v) is 2.32. The quantitative estimate of drug-likeness (QED) is 0.860. The molecule has 1 aromatic heterocycles. The van der Waals surface area contributed by atoms with E-state index < -0.39 is 5.54 Å². The van der Waals surface area contributed by atoms with Gasteiger partial charge in [-0.3, -0.25) is 4.79 Å². The summed E-state index contributed by atoms with van der Waals surface area (Å²) in [7, 11) is 1.82. The van der Waals surface area contributed by atoms with E-state index in [9.17, 15) is 4.79 Å². The Balaban J connectivity index is 1.82. The zero-order valence-electron chi connectivity index (χ0n) is 10.4. The maximum atomic E-state index is 12.1. The van der Waals surface area contributed by atoms with Gasteiger partial charge in [0.1, 0.15) is 0 Å². The van der Waals surface area contributed by atoms with Gasteiger partial charge < -0.3 is 15.6 Å². The molecule has 1 saturated carbocycles. The number of aromatic nitrogens is 1. The van der Waals surface area contributed by atoms with E-state index >= 15 is 0 Å². The first-order chi connectivity index (χ1) is 8.60. The van der Waals surface area contributed by atoms with Gasteiger partial charge >= 0.3 is 0 Å². The largest absolute Gasteiger partial charge is 0.361 e. The van der Waals surface area contributed by atoms with Crippen LogP contribution >= 0.6 is 0 Å². The highest BCUT2D eigenvalue weighted by Crippen LogP contribution is 2.34. The highest BCUT2D eigenvalue weighted by atomic mass is 16.2. The Labute approximate surface area is 106 Å². The van der Waals surface area contributed by atoms with Gasteiger partial charge in [0.15, 0.2) is 0 Å². The van der Waals surface area contributed by atoms with Crippen LogP contribution < -0.4 is 5.73 Å². The normalized spacial score (nSPS) is 16.8. The molecule has 0 unspecified atom stereocenters. The number of hydrogen-bond donors (Lipinski definition) is 2. The van der Waals surface area contributed by atoms with Crippen molar-refractivity contribution in [2.24, 2.45) is 5.73 Å². The van der Waals surface area contributed by atoms with Crippen LogP contribution in [0.25, 0.3) is 10.9 Å². The third-order valence-corrected chi connectivity index (χ3v) is 3.64. The second kappa shape index (κ2) is 3.85. The summed E-state index contributed by atoms with van der Waals surface area (Å²) in [5.74, 6) is 0.0489. The number of nitrogens with two attached hydrogens (primary N) is 1. The number of H-pyrrole nitrogens is 1. The molecule has 3 N–H and O–H groups in total. The molecule has 0 aliphatic heterocycles. The lowest BCUT2D eigenvalue weighted by Crippen LogP contribution is -2.43. The molecule has 0 atom stereocenters. The van der Waals surface area contributed by atoms with Crippen LogP contribution in [0.2, 0.25) is 0 Å². The Morgan fingerprint density at radius 1 is 1.44 bits per heavy atom. The highest BCUT2D eigenvalue weighted by molar-refractivity contribution is 5.89. The van der Waals surface area contributed by atoms with Crippen LogP contribution in [0.3, 0.4) is 0 Å². The van der Waals surface area contributed by atoms with Crippen molar-refractivity contribution in [2.75, 3.05) is 7.05 Å². The number of carbonyl (C=O) groups excluding carboxylic acids is 1. The van der Waals surface area contributed by atoms with E-state index in [1.165, 1.54) is 5.39 Å². The number of nitrogens with one attached hydrogen (secondary N) is 1. The summed E-state index contributed by atoms with van der Waals surface area (Å²) < 4.78 is 0. The Hall–Kier alpha value is -1.81. The number of amides is 1. The third kappa shape index (κ3) is 1.78.